The molecule has 0 aliphatic carbocycles. The van der Waals surface area contributed by atoms with Crippen LogP contribution >= 0.6 is 24.0 Å². The number of hydrogen-bond donors (Lipinski definition) is 1. The molecule has 0 saturated carbocycles. The number of ether oxygens (including phenoxy) is 1. The lowest BCUT2D eigenvalue weighted by atomic mass is 10.1. The molecule has 0 atom stereocenters. The molecule has 25 heavy (non-hydrogen) atoms. The molecule has 0 unspecified atom stereocenters. The lowest BCUT2D eigenvalue weighted by molar-refractivity contribution is 0.127. The number of guanidine groups is 1. The van der Waals surface area contributed by atoms with Crippen LogP contribution < -0.4 is 10.2 Å². The number of halogens is 1. The molecule has 142 valence electrons. The Balaban J connectivity index is 0.00000312. The van der Waals surface area contributed by atoms with E-state index in [0.29, 0.717) is 5.92 Å². The zero-order valence-electron chi connectivity index (χ0n) is 15.6. The summed E-state index contributed by atoms with van der Waals surface area (Å²) in [5, 5.41) is 3.40. The predicted molar refractivity (Wildman–Crippen MR) is 115 cm³/mol. The van der Waals surface area contributed by atoms with Gasteiger partial charge in [-0.25, -0.2) is 4.98 Å². The van der Waals surface area contributed by atoms with Gasteiger partial charge in [0.15, 0.2) is 5.96 Å². The molecule has 1 fully saturated rings. The molecule has 0 amide bonds. The molecule has 1 aliphatic heterocycles. The molecule has 0 bridgehead atoms. The molecular formula is C18H32IN5O. The second-order valence-corrected chi connectivity index (χ2v) is 6.43. The van der Waals surface area contributed by atoms with Crippen LogP contribution in [0.3, 0.4) is 0 Å². The summed E-state index contributed by atoms with van der Waals surface area (Å²) in [5.41, 5.74) is 0. The van der Waals surface area contributed by atoms with Gasteiger partial charge in [0.25, 0.3) is 0 Å². The van der Waals surface area contributed by atoms with Crippen LogP contribution in [0.25, 0.3) is 0 Å². The average molecular weight is 461 g/mol. The Hall–Kier alpha value is -1.09. The van der Waals surface area contributed by atoms with Gasteiger partial charge in [0.1, 0.15) is 5.82 Å². The summed E-state index contributed by atoms with van der Waals surface area (Å²) >= 11 is 0. The molecule has 2 heterocycles. The highest BCUT2D eigenvalue weighted by Crippen LogP contribution is 2.12. The topological polar surface area (TPSA) is 53.0 Å². The maximum atomic E-state index is 5.65. The van der Waals surface area contributed by atoms with E-state index in [0.717, 1.165) is 64.1 Å². The Labute approximate surface area is 169 Å². The fraction of sp³-hybridized carbons (Fsp3) is 0.667. The third kappa shape index (κ3) is 7.77. The van der Waals surface area contributed by atoms with Crippen LogP contribution in [0.5, 0.6) is 0 Å². The Morgan fingerprint density at radius 2 is 2.00 bits per heavy atom. The molecule has 6 nitrogen and oxygen atoms in total. The molecule has 1 saturated heterocycles. The van der Waals surface area contributed by atoms with Gasteiger partial charge in [-0.1, -0.05) is 19.9 Å². The van der Waals surface area contributed by atoms with Crippen LogP contribution in [0.15, 0.2) is 29.4 Å². The van der Waals surface area contributed by atoms with Crippen molar-refractivity contribution < 1.29 is 4.74 Å². The number of anilines is 1. The van der Waals surface area contributed by atoms with Crippen LogP contribution in [0.1, 0.15) is 20.3 Å². The second-order valence-electron chi connectivity index (χ2n) is 6.43. The average Bonchev–Trinajstić information content (AvgIpc) is 2.62. The van der Waals surface area contributed by atoms with Crippen molar-refractivity contribution in [3.63, 3.8) is 0 Å². The first-order valence-corrected chi connectivity index (χ1v) is 8.90. The Kier molecular flexibility index (Phi) is 10.8. The van der Waals surface area contributed by atoms with Gasteiger partial charge < -0.3 is 19.9 Å². The summed E-state index contributed by atoms with van der Waals surface area (Å²) in [5.74, 6) is 2.71. The van der Waals surface area contributed by atoms with E-state index in [9.17, 15) is 0 Å². The Morgan fingerprint density at radius 3 is 2.60 bits per heavy atom. The summed E-state index contributed by atoms with van der Waals surface area (Å²) in [6.45, 7) is 10.6. The maximum absolute atomic E-state index is 5.65. The lowest BCUT2D eigenvalue weighted by Crippen LogP contribution is -2.53. The van der Waals surface area contributed by atoms with Crippen molar-refractivity contribution in [3.05, 3.63) is 24.4 Å². The number of rotatable bonds is 7. The standard InChI is InChI=1S/C18H31N5O.HI/c1-16(2)7-14-24-15-9-21-18(19-3)23-12-10-22(11-13-23)17-6-4-5-8-20-17;/h4-6,8,16H,7,9-15H2,1-3H3,(H,19,21);1H. The summed E-state index contributed by atoms with van der Waals surface area (Å²) < 4.78 is 5.65. The molecule has 1 N–H and O–H groups in total. The Bertz CT molecular complexity index is 489. The fourth-order valence-corrected chi connectivity index (χ4v) is 2.68. The van der Waals surface area contributed by atoms with E-state index in [1.807, 2.05) is 25.4 Å². The van der Waals surface area contributed by atoms with Crippen molar-refractivity contribution in [2.45, 2.75) is 20.3 Å². The van der Waals surface area contributed by atoms with E-state index in [-0.39, 0.29) is 24.0 Å². The first-order valence-electron chi connectivity index (χ1n) is 8.90. The number of nitrogens with zero attached hydrogens (tertiary/aromatic N) is 4. The largest absolute Gasteiger partial charge is 0.380 e. The van der Waals surface area contributed by atoms with E-state index >= 15 is 0 Å². The number of aromatic nitrogens is 1. The SMILES string of the molecule is CN=C(NCCOCCC(C)C)N1CCN(c2ccccn2)CC1.I. The third-order valence-electron chi connectivity index (χ3n) is 4.13. The number of hydrogen-bond acceptors (Lipinski definition) is 4. The van der Waals surface area contributed by atoms with Gasteiger partial charge in [0, 0.05) is 52.6 Å². The number of nitrogens with one attached hydrogen (secondary N) is 1. The minimum absolute atomic E-state index is 0. The molecular weight excluding hydrogens is 429 g/mol. The molecule has 0 radical (unpaired) electrons. The van der Waals surface area contributed by atoms with Crippen LogP contribution in [0.2, 0.25) is 0 Å². The maximum Gasteiger partial charge on any atom is 0.193 e. The van der Waals surface area contributed by atoms with Crippen molar-refractivity contribution in [1.82, 2.24) is 15.2 Å². The van der Waals surface area contributed by atoms with Gasteiger partial charge in [-0.2, -0.15) is 0 Å². The van der Waals surface area contributed by atoms with Gasteiger partial charge in [-0.15, -0.1) is 24.0 Å². The van der Waals surface area contributed by atoms with Crippen molar-refractivity contribution >= 4 is 35.8 Å². The molecule has 1 aromatic heterocycles. The van der Waals surface area contributed by atoms with Gasteiger partial charge in [-0.3, -0.25) is 4.99 Å². The highest BCUT2D eigenvalue weighted by atomic mass is 127. The van der Waals surface area contributed by atoms with Crippen molar-refractivity contribution in [2.75, 3.05) is 57.9 Å². The monoisotopic (exact) mass is 461 g/mol. The van der Waals surface area contributed by atoms with E-state index in [1.165, 1.54) is 0 Å². The lowest BCUT2D eigenvalue weighted by Gasteiger charge is -2.37. The van der Waals surface area contributed by atoms with Gasteiger partial charge in [-0.05, 0) is 24.5 Å². The van der Waals surface area contributed by atoms with E-state index in [4.69, 9.17) is 4.74 Å². The fourth-order valence-electron chi connectivity index (χ4n) is 2.68. The van der Waals surface area contributed by atoms with E-state index in [2.05, 4.69) is 45.0 Å². The summed E-state index contributed by atoms with van der Waals surface area (Å²) in [4.78, 5) is 13.4. The minimum atomic E-state index is 0. The van der Waals surface area contributed by atoms with Crippen LogP contribution in [-0.4, -0.2) is 68.8 Å². The molecule has 7 heteroatoms. The molecule has 2 rings (SSSR count). The minimum Gasteiger partial charge on any atom is -0.380 e. The van der Waals surface area contributed by atoms with Crippen molar-refractivity contribution in [1.29, 1.82) is 0 Å². The van der Waals surface area contributed by atoms with Crippen LogP contribution in [0, 0.1) is 5.92 Å². The number of pyridine rings is 1. The highest BCUT2D eigenvalue weighted by molar-refractivity contribution is 14.0. The molecule has 0 aromatic carbocycles. The van der Waals surface area contributed by atoms with Gasteiger partial charge in [0.2, 0.25) is 0 Å². The summed E-state index contributed by atoms with van der Waals surface area (Å²) in [7, 11) is 1.84. The summed E-state index contributed by atoms with van der Waals surface area (Å²) in [6, 6.07) is 6.06. The zero-order chi connectivity index (χ0) is 17.2. The van der Waals surface area contributed by atoms with Crippen LogP contribution in [-0.2, 0) is 4.74 Å². The molecule has 1 aromatic rings. The van der Waals surface area contributed by atoms with Crippen molar-refractivity contribution in [2.24, 2.45) is 10.9 Å². The number of aliphatic imine (C=N–C) groups is 1. The predicted octanol–water partition coefficient (Wildman–Crippen LogP) is 2.46. The van der Waals surface area contributed by atoms with E-state index in [1.54, 1.807) is 0 Å². The number of piperazine rings is 1. The van der Waals surface area contributed by atoms with Crippen molar-refractivity contribution in [3.8, 4) is 0 Å². The first-order chi connectivity index (χ1) is 11.7. The first kappa shape index (κ1) is 22.0. The quantitative estimate of drug-likeness (QED) is 0.293. The highest BCUT2D eigenvalue weighted by Gasteiger charge is 2.20. The normalized spacial score (nSPS) is 15.3. The van der Waals surface area contributed by atoms with E-state index < -0.39 is 0 Å². The zero-order valence-corrected chi connectivity index (χ0v) is 18.0. The molecule has 0 spiro atoms. The van der Waals surface area contributed by atoms with Gasteiger partial charge in [0.05, 0.1) is 6.61 Å². The Morgan fingerprint density at radius 1 is 1.24 bits per heavy atom. The summed E-state index contributed by atoms with van der Waals surface area (Å²) in [6.07, 6.45) is 2.96. The second kappa shape index (κ2) is 12.3. The third-order valence-corrected chi connectivity index (χ3v) is 4.13. The smallest absolute Gasteiger partial charge is 0.193 e. The molecule has 1 aliphatic rings. The van der Waals surface area contributed by atoms with Gasteiger partial charge >= 0.3 is 0 Å². The van der Waals surface area contributed by atoms with Crippen LogP contribution in [0.4, 0.5) is 5.82 Å².